The molecule has 82 valence electrons. The van der Waals surface area contributed by atoms with E-state index in [1.54, 1.807) is 7.05 Å². The third-order valence-electron chi connectivity index (χ3n) is 1.91. The van der Waals surface area contributed by atoms with Gasteiger partial charge < -0.3 is 15.2 Å². The van der Waals surface area contributed by atoms with Gasteiger partial charge in [-0.05, 0) is 19.2 Å². The van der Waals surface area contributed by atoms with Crippen LogP contribution in [0.15, 0.2) is 12.1 Å². The number of ketones is 1. The second-order valence-electron chi connectivity index (χ2n) is 2.93. The van der Waals surface area contributed by atoms with Crippen LogP contribution in [0.2, 0.25) is 5.02 Å². The number of methoxy groups -OCH3 is 1. The van der Waals surface area contributed by atoms with Gasteiger partial charge in [0.15, 0.2) is 17.3 Å². The summed E-state index contributed by atoms with van der Waals surface area (Å²) < 4.78 is 4.94. The fraction of sp³-hybridized carbons (Fsp3) is 0.300. The molecule has 5 heteroatoms. The Balaban J connectivity index is 3.24. The molecule has 0 unspecified atom stereocenters. The molecule has 4 nitrogen and oxygen atoms in total. The molecule has 0 radical (unpaired) electrons. The van der Waals surface area contributed by atoms with Crippen molar-refractivity contribution in [2.24, 2.45) is 0 Å². The van der Waals surface area contributed by atoms with Crippen molar-refractivity contribution in [2.75, 3.05) is 20.7 Å². The summed E-state index contributed by atoms with van der Waals surface area (Å²) in [6.07, 6.45) is 0. The van der Waals surface area contributed by atoms with Gasteiger partial charge in [0.05, 0.1) is 24.2 Å². The number of halogens is 1. The molecular formula is C10H12ClNO3. The van der Waals surface area contributed by atoms with E-state index in [2.05, 4.69) is 5.32 Å². The van der Waals surface area contributed by atoms with E-state index in [0.29, 0.717) is 0 Å². The van der Waals surface area contributed by atoms with Gasteiger partial charge in [-0.1, -0.05) is 11.6 Å². The molecule has 0 heterocycles. The zero-order chi connectivity index (χ0) is 11.4. The number of phenolic OH excluding ortho intramolecular Hbond substituents is 1. The van der Waals surface area contributed by atoms with Gasteiger partial charge in [-0.2, -0.15) is 0 Å². The number of carbonyl (C=O) groups excluding carboxylic acids is 1. The summed E-state index contributed by atoms with van der Waals surface area (Å²) in [5, 5.41) is 12.5. The first kappa shape index (κ1) is 11.8. The molecule has 0 aliphatic heterocycles. The molecule has 1 rings (SSSR count). The van der Waals surface area contributed by atoms with Gasteiger partial charge >= 0.3 is 0 Å². The van der Waals surface area contributed by atoms with Crippen molar-refractivity contribution in [1.82, 2.24) is 5.32 Å². The molecule has 0 amide bonds. The van der Waals surface area contributed by atoms with E-state index < -0.39 is 0 Å². The predicted molar refractivity (Wildman–Crippen MR) is 57.9 cm³/mol. The normalized spacial score (nSPS) is 10.1. The summed E-state index contributed by atoms with van der Waals surface area (Å²) in [5.74, 6) is -0.209. The minimum absolute atomic E-state index is 0.0960. The Morgan fingerprint density at radius 3 is 2.80 bits per heavy atom. The third kappa shape index (κ3) is 2.40. The Labute approximate surface area is 92.8 Å². The number of nitrogens with one attached hydrogen (secondary N) is 1. The van der Waals surface area contributed by atoms with Crippen molar-refractivity contribution in [3.63, 3.8) is 0 Å². The number of carbonyl (C=O) groups is 1. The third-order valence-corrected chi connectivity index (χ3v) is 2.22. The van der Waals surface area contributed by atoms with Gasteiger partial charge in [0.1, 0.15) is 0 Å². The monoisotopic (exact) mass is 229 g/mol. The Bertz CT molecular complexity index is 379. The van der Waals surface area contributed by atoms with Crippen LogP contribution in [0.1, 0.15) is 10.4 Å². The number of phenols is 1. The standard InChI is InChI=1S/C10H12ClNO3/c1-12-5-8(14)9-6(11)3-4-7(13)10(9)15-2/h3-4,12-13H,5H2,1-2H3. The summed E-state index contributed by atoms with van der Waals surface area (Å²) in [6, 6.07) is 2.85. The maximum Gasteiger partial charge on any atom is 0.181 e. The largest absolute Gasteiger partial charge is 0.504 e. The van der Waals surface area contributed by atoms with Gasteiger partial charge in [-0.15, -0.1) is 0 Å². The van der Waals surface area contributed by atoms with Crippen molar-refractivity contribution in [3.8, 4) is 11.5 Å². The van der Waals surface area contributed by atoms with Crippen molar-refractivity contribution < 1.29 is 14.6 Å². The number of ether oxygens (including phenoxy) is 1. The Morgan fingerprint density at radius 1 is 1.60 bits per heavy atom. The zero-order valence-corrected chi connectivity index (χ0v) is 9.26. The molecule has 0 bridgehead atoms. The van der Waals surface area contributed by atoms with Crippen molar-refractivity contribution in [3.05, 3.63) is 22.7 Å². The highest BCUT2D eigenvalue weighted by Gasteiger charge is 2.18. The molecule has 0 aliphatic carbocycles. The van der Waals surface area contributed by atoms with Crippen LogP contribution in [0.25, 0.3) is 0 Å². The molecule has 0 fully saturated rings. The fourth-order valence-corrected chi connectivity index (χ4v) is 1.52. The topological polar surface area (TPSA) is 58.6 Å². The summed E-state index contributed by atoms with van der Waals surface area (Å²) in [5.41, 5.74) is 0.202. The second-order valence-corrected chi connectivity index (χ2v) is 3.34. The highest BCUT2D eigenvalue weighted by Crippen LogP contribution is 2.35. The molecule has 1 aromatic carbocycles. The van der Waals surface area contributed by atoms with E-state index in [1.807, 2.05) is 0 Å². The van der Waals surface area contributed by atoms with Gasteiger partial charge in [0, 0.05) is 0 Å². The average Bonchev–Trinajstić information content (AvgIpc) is 2.21. The average molecular weight is 230 g/mol. The lowest BCUT2D eigenvalue weighted by Crippen LogP contribution is -2.19. The van der Waals surface area contributed by atoms with E-state index in [9.17, 15) is 9.90 Å². The van der Waals surface area contributed by atoms with Crippen molar-refractivity contribution >= 4 is 17.4 Å². The van der Waals surface area contributed by atoms with Crippen molar-refractivity contribution in [1.29, 1.82) is 0 Å². The highest BCUT2D eigenvalue weighted by atomic mass is 35.5. The molecule has 15 heavy (non-hydrogen) atoms. The lowest BCUT2D eigenvalue weighted by Gasteiger charge is -2.10. The molecule has 2 N–H and O–H groups in total. The first-order chi connectivity index (χ1) is 7.11. The summed E-state index contributed by atoms with van der Waals surface area (Å²) in [6.45, 7) is 0.138. The van der Waals surface area contributed by atoms with Crippen LogP contribution in [0, 0.1) is 0 Å². The van der Waals surface area contributed by atoms with Crippen LogP contribution in [0.4, 0.5) is 0 Å². The van der Waals surface area contributed by atoms with E-state index >= 15 is 0 Å². The first-order valence-electron chi connectivity index (χ1n) is 4.35. The number of aromatic hydroxyl groups is 1. The molecule has 0 atom stereocenters. The van der Waals surface area contributed by atoms with Crippen LogP contribution in [0.5, 0.6) is 11.5 Å². The quantitative estimate of drug-likeness (QED) is 0.768. The fourth-order valence-electron chi connectivity index (χ4n) is 1.26. The van der Waals surface area contributed by atoms with E-state index in [4.69, 9.17) is 16.3 Å². The Kier molecular flexibility index (Phi) is 3.94. The number of likely N-dealkylation sites (N-methyl/N-ethyl adjacent to an activating group) is 1. The lowest BCUT2D eigenvalue weighted by molar-refractivity contribution is 0.0990. The van der Waals surface area contributed by atoms with Crippen LogP contribution in [-0.4, -0.2) is 31.6 Å². The molecule has 0 saturated carbocycles. The maximum atomic E-state index is 11.7. The smallest absolute Gasteiger partial charge is 0.181 e. The summed E-state index contributed by atoms with van der Waals surface area (Å²) >= 11 is 5.87. The minimum Gasteiger partial charge on any atom is -0.504 e. The number of rotatable bonds is 4. The first-order valence-corrected chi connectivity index (χ1v) is 4.72. The van der Waals surface area contributed by atoms with Gasteiger partial charge in [0.2, 0.25) is 0 Å². The van der Waals surface area contributed by atoms with Gasteiger partial charge in [-0.25, -0.2) is 0 Å². The van der Waals surface area contributed by atoms with E-state index in [-0.39, 0.29) is 34.4 Å². The van der Waals surface area contributed by atoms with Crippen molar-refractivity contribution in [2.45, 2.75) is 0 Å². The predicted octanol–water partition coefficient (Wildman–Crippen LogP) is 1.46. The minimum atomic E-state index is -0.227. The summed E-state index contributed by atoms with van der Waals surface area (Å²) in [7, 11) is 3.03. The van der Waals surface area contributed by atoms with Crippen LogP contribution < -0.4 is 10.1 Å². The van der Waals surface area contributed by atoms with Crippen LogP contribution >= 0.6 is 11.6 Å². The Morgan fingerprint density at radius 2 is 2.27 bits per heavy atom. The van der Waals surface area contributed by atoms with E-state index in [0.717, 1.165) is 0 Å². The second kappa shape index (κ2) is 5.00. The van der Waals surface area contributed by atoms with E-state index in [1.165, 1.54) is 19.2 Å². The van der Waals surface area contributed by atoms with Gasteiger partial charge in [-0.3, -0.25) is 4.79 Å². The maximum absolute atomic E-state index is 11.7. The SMILES string of the molecule is CNCC(=O)c1c(Cl)ccc(O)c1OC. The summed E-state index contributed by atoms with van der Waals surface area (Å²) in [4.78, 5) is 11.7. The highest BCUT2D eigenvalue weighted by molar-refractivity contribution is 6.34. The lowest BCUT2D eigenvalue weighted by atomic mass is 10.1. The molecular weight excluding hydrogens is 218 g/mol. The molecule has 0 spiro atoms. The molecule has 0 saturated heterocycles. The van der Waals surface area contributed by atoms with Gasteiger partial charge in [0.25, 0.3) is 0 Å². The number of hydrogen-bond donors (Lipinski definition) is 2. The number of Topliss-reactive ketones (excluding diaryl/α,β-unsaturated/α-hetero) is 1. The number of benzene rings is 1. The Hall–Kier alpha value is -1.26. The van der Waals surface area contributed by atoms with Crippen LogP contribution in [0.3, 0.4) is 0 Å². The zero-order valence-electron chi connectivity index (χ0n) is 8.50. The molecule has 0 aromatic heterocycles. The molecule has 1 aromatic rings. The number of hydrogen-bond acceptors (Lipinski definition) is 4. The molecule has 0 aliphatic rings. The van der Waals surface area contributed by atoms with Crippen LogP contribution in [-0.2, 0) is 0 Å².